The molecule has 19 heavy (non-hydrogen) atoms. The number of hydrogen-bond donors (Lipinski definition) is 1. The van der Waals surface area contributed by atoms with Crippen molar-refractivity contribution in [2.75, 3.05) is 39.8 Å². The molecule has 1 heterocycles. The van der Waals surface area contributed by atoms with Gasteiger partial charge < -0.3 is 10.5 Å². The van der Waals surface area contributed by atoms with Crippen LogP contribution in [0.15, 0.2) is 0 Å². The second kappa shape index (κ2) is 6.53. The molecule has 1 saturated carbocycles. The van der Waals surface area contributed by atoms with Crippen molar-refractivity contribution < 1.29 is 4.74 Å². The fraction of sp³-hybridized carbons (Fsp3) is 1.00. The molecular formula is C15H31N3O. The normalized spacial score (nSPS) is 34.9. The minimum atomic E-state index is 0.0933. The van der Waals surface area contributed by atoms with Crippen LogP contribution in [-0.4, -0.2) is 67.3 Å². The molecule has 0 aromatic carbocycles. The maximum absolute atomic E-state index is 6.19. The van der Waals surface area contributed by atoms with Crippen LogP contribution in [0.5, 0.6) is 0 Å². The van der Waals surface area contributed by atoms with E-state index < -0.39 is 0 Å². The highest BCUT2D eigenvalue weighted by Crippen LogP contribution is 2.35. The Morgan fingerprint density at radius 1 is 1.21 bits per heavy atom. The third-order valence-corrected chi connectivity index (χ3v) is 5.24. The van der Waals surface area contributed by atoms with Gasteiger partial charge in [-0.15, -0.1) is 0 Å². The summed E-state index contributed by atoms with van der Waals surface area (Å²) in [5.41, 5.74) is 6.29. The van der Waals surface area contributed by atoms with Gasteiger partial charge in [-0.1, -0.05) is 12.8 Å². The van der Waals surface area contributed by atoms with Crippen LogP contribution in [-0.2, 0) is 4.74 Å². The van der Waals surface area contributed by atoms with Gasteiger partial charge in [0.15, 0.2) is 0 Å². The van der Waals surface area contributed by atoms with E-state index in [-0.39, 0.29) is 5.54 Å². The van der Waals surface area contributed by atoms with Crippen molar-refractivity contribution in [1.29, 1.82) is 0 Å². The zero-order valence-electron chi connectivity index (χ0n) is 12.9. The first-order valence-corrected chi connectivity index (χ1v) is 7.86. The zero-order valence-corrected chi connectivity index (χ0v) is 12.9. The molecule has 0 aromatic rings. The van der Waals surface area contributed by atoms with Crippen molar-refractivity contribution in [2.45, 2.75) is 57.2 Å². The molecule has 112 valence electrons. The molecule has 0 bridgehead atoms. The van der Waals surface area contributed by atoms with Crippen molar-refractivity contribution in [1.82, 2.24) is 9.80 Å². The highest BCUT2D eigenvalue weighted by atomic mass is 16.5. The summed E-state index contributed by atoms with van der Waals surface area (Å²) in [6.07, 6.45) is 5.26. The molecule has 2 rings (SSSR count). The highest BCUT2D eigenvalue weighted by molar-refractivity contribution is 5.02. The Bertz CT molecular complexity index is 277. The van der Waals surface area contributed by atoms with Crippen molar-refractivity contribution in [3.63, 3.8) is 0 Å². The molecule has 1 aliphatic carbocycles. The van der Waals surface area contributed by atoms with Crippen molar-refractivity contribution in [3.05, 3.63) is 0 Å². The van der Waals surface area contributed by atoms with Crippen LogP contribution in [0.2, 0.25) is 0 Å². The molecule has 0 radical (unpaired) electrons. The SMILES string of the molecule is COC1CCCCC1(CN)N1CCN(C(C)C)CC1. The number of hydrogen-bond acceptors (Lipinski definition) is 4. The van der Waals surface area contributed by atoms with Gasteiger partial charge in [0.25, 0.3) is 0 Å². The minimum Gasteiger partial charge on any atom is -0.379 e. The van der Waals surface area contributed by atoms with Crippen LogP contribution in [0.4, 0.5) is 0 Å². The quantitative estimate of drug-likeness (QED) is 0.835. The number of piperazine rings is 1. The van der Waals surface area contributed by atoms with Crippen LogP contribution >= 0.6 is 0 Å². The molecule has 4 nitrogen and oxygen atoms in total. The minimum absolute atomic E-state index is 0.0933. The molecule has 2 unspecified atom stereocenters. The molecule has 4 heteroatoms. The maximum atomic E-state index is 6.19. The summed E-state index contributed by atoms with van der Waals surface area (Å²) < 4.78 is 5.79. The van der Waals surface area contributed by atoms with E-state index in [9.17, 15) is 0 Å². The van der Waals surface area contributed by atoms with E-state index in [2.05, 4.69) is 23.6 Å². The van der Waals surface area contributed by atoms with Gasteiger partial charge in [0, 0.05) is 45.9 Å². The second-order valence-electron chi connectivity index (χ2n) is 6.39. The Hall–Kier alpha value is -0.160. The molecular weight excluding hydrogens is 238 g/mol. The Morgan fingerprint density at radius 3 is 2.42 bits per heavy atom. The van der Waals surface area contributed by atoms with Crippen LogP contribution in [0.1, 0.15) is 39.5 Å². The van der Waals surface area contributed by atoms with Gasteiger partial charge in [0.05, 0.1) is 11.6 Å². The van der Waals surface area contributed by atoms with E-state index in [1.807, 2.05) is 7.11 Å². The lowest BCUT2D eigenvalue weighted by molar-refractivity contribution is -0.0906. The van der Waals surface area contributed by atoms with E-state index in [0.717, 1.165) is 39.1 Å². The summed E-state index contributed by atoms with van der Waals surface area (Å²) in [4.78, 5) is 5.19. The standard InChI is InChI=1S/C15H31N3O/c1-13(2)17-8-10-18(11-9-17)15(12-16)7-5-4-6-14(15)19-3/h13-14H,4-12,16H2,1-3H3. The number of rotatable bonds is 4. The van der Waals surface area contributed by atoms with E-state index in [1.54, 1.807) is 0 Å². The third-order valence-electron chi connectivity index (χ3n) is 5.24. The largest absolute Gasteiger partial charge is 0.379 e. The van der Waals surface area contributed by atoms with Crippen LogP contribution in [0.3, 0.4) is 0 Å². The summed E-state index contributed by atoms with van der Waals surface area (Å²) in [5, 5.41) is 0. The van der Waals surface area contributed by atoms with E-state index >= 15 is 0 Å². The second-order valence-corrected chi connectivity index (χ2v) is 6.39. The van der Waals surface area contributed by atoms with Gasteiger partial charge in [0.1, 0.15) is 0 Å². The van der Waals surface area contributed by atoms with E-state index in [0.29, 0.717) is 12.1 Å². The number of nitrogens with two attached hydrogens (primary N) is 1. The summed E-state index contributed by atoms with van der Waals surface area (Å²) >= 11 is 0. The molecule has 2 atom stereocenters. The van der Waals surface area contributed by atoms with Crippen LogP contribution in [0.25, 0.3) is 0 Å². The number of ether oxygens (including phenoxy) is 1. The first kappa shape index (κ1) is 15.2. The molecule has 2 aliphatic rings. The summed E-state index contributed by atoms with van der Waals surface area (Å²) in [5.74, 6) is 0. The van der Waals surface area contributed by atoms with Gasteiger partial charge in [-0.25, -0.2) is 0 Å². The van der Waals surface area contributed by atoms with Gasteiger partial charge >= 0.3 is 0 Å². The highest BCUT2D eigenvalue weighted by Gasteiger charge is 2.45. The molecule has 2 fully saturated rings. The zero-order chi connectivity index (χ0) is 13.9. The molecule has 2 N–H and O–H groups in total. The van der Waals surface area contributed by atoms with Crippen LogP contribution < -0.4 is 5.73 Å². The lowest BCUT2D eigenvalue weighted by Gasteiger charge is -2.53. The first-order chi connectivity index (χ1) is 9.14. The van der Waals surface area contributed by atoms with Gasteiger partial charge in [-0.05, 0) is 26.7 Å². The van der Waals surface area contributed by atoms with Crippen molar-refractivity contribution in [2.24, 2.45) is 5.73 Å². The first-order valence-electron chi connectivity index (χ1n) is 7.86. The lowest BCUT2D eigenvalue weighted by atomic mass is 9.77. The monoisotopic (exact) mass is 269 g/mol. The fourth-order valence-corrected chi connectivity index (χ4v) is 3.94. The molecule has 0 aromatic heterocycles. The van der Waals surface area contributed by atoms with Crippen molar-refractivity contribution in [3.8, 4) is 0 Å². The third kappa shape index (κ3) is 2.97. The Balaban J connectivity index is 2.05. The Labute approximate surface area is 118 Å². The summed E-state index contributed by atoms with van der Waals surface area (Å²) in [7, 11) is 1.85. The van der Waals surface area contributed by atoms with Gasteiger partial charge in [0.2, 0.25) is 0 Å². The number of methoxy groups -OCH3 is 1. The molecule has 0 amide bonds. The average Bonchev–Trinajstić information content (AvgIpc) is 2.47. The Kier molecular flexibility index (Phi) is 5.23. The van der Waals surface area contributed by atoms with Crippen molar-refractivity contribution >= 4 is 0 Å². The van der Waals surface area contributed by atoms with Gasteiger partial charge in [-0.2, -0.15) is 0 Å². The fourth-order valence-electron chi connectivity index (χ4n) is 3.94. The average molecular weight is 269 g/mol. The van der Waals surface area contributed by atoms with E-state index in [1.165, 1.54) is 19.3 Å². The molecule has 1 saturated heterocycles. The summed E-state index contributed by atoms with van der Waals surface area (Å²) in [6.45, 7) is 9.89. The predicted molar refractivity (Wildman–Crippen MR) is 79.3 cm³/mol. The number of nitrogens with zero attached hydrogens (tertiary/aromatic N) is 2. The maximum Gasteiger partial charge on any atom is 0.0767 e. The molecule has 0 spiro atoms. The summed E-state index contributed by atoms with van der Waals surface area (Å²) in [6, 6.07) is 0.653. The Morgan fingerprint density at radius 2 is 1.89 bits per heavy atom. The smallest absolute Gasteiger partial charge is 0.0767 e. The molecule has 1 aliphatic heterocycles. The predicted octanol–water partition coefficient (Wildman–Crippen LogP) is 1.30. The topological polar surface area (TPSA) is 41.7 Å². The van der Waals surface area contributed by atoms with Crippen LogP contribution in [0, 0.1) is 0 Å². The van der Waals surface area contributed by atoms with Gasteiger partial charge in [-0.3, -0.25) is 9.80 Å². The van der Waals surface area contributed by atoms with E-state index in [4.69, 9.17) is 10.5 Å². The lowest BCUT2D eigenvalue weighted by Crippen LogP contribution is -2.67.